The minimum atomic E-state index is -0.0707. The Labute approximate surface area is 232 Å². The molecule has 1 aliphatic rings. The van der Waals surface area contributed by atoms with E-state index in [1.807, 2.05) is 84.5 Å². The van der Waals surface area contributed by atoms with Crippen molar-refractivity contribution in [3.8, 4) is 22.7 Å². The number of thioether (sulfide) groups is 1. The van der Waals surface area contributed by atoms with Crippen LogP contribution in [0.5, 0.6) is 5.75 Å². The second-order valence-corrected chi connectivity index (χ2v) is 10.5. The molecule has 5 nitrogen and oxygen atoms in total. The zero-order chi connectivity index (χ0) is 26.5. The first-order valence-electron chi connectivity index (χ1n) is 12.3. The number of amides is 1. The van der Waals surface area contributed by atoms with E-state index in [2.05, 4.69) is 24.8 Å². The molecule has 0 N–H and O–H groups in total. The standard InChI is InChI=1S/C31H27N3O2S2/c1-3-18-36-27-15-14-24(19-22(27)2)29-25(21-34(32-29)26-12-8-5-9-13-26)20-28-30(35)33(31(37)38-28)17-16-23-10-6-4-7-11-23/h3-15,19-21H,1,16-18H2,2H3/b28-20+. The maximum absolute atomic E-state index is 13.4. The molecular formula is C31H27N3O2S2. The van der Waals surface area contributed by atoms with E-state index in [4.69, 9.17) is 22.1 Å². The summed E-state index contributed by atoms with van der Waals surface area (Å²) in [6.07, 6.45) is 6.33. The van der Waals surface area contributed by atoms with Crippen molar-refractivity contribution in [1.82, 2.24) is 14.7 Å². The highest BCUT2D eigenvalue weighted by molar-refractivity contribution is 8.26. The Hall–Kier alpha value is -3.94. The second-order valence-electron chi connectivity index (χ2n) is 8.86. The van der Waals surface area contributed by atoms with E-state index in [0.29, 0.717) is 22.4 Å². The molecule has 5 rings (SSSR count). The van der Waals surface area contributed by atoms with Crippen molar-refractivity contribution in [3.63, 3.8) is 0 Å². The number of hydrogen-bond acceptors (Lipinski definition) is 5. The molecule has 1 aliphatic heterocycles. The van der Waals surface area contributed by atoms with Gasteiger partial charge < -0.3 is 4.74 Å². The maximum Gasteiger partial charge on any atom is 0.266 e. The lowest BCUT2D eigenvalue weighted by Crippen LogP contribution is -2.30. The molecule has 0 saturated carbocycles. The number of carbonyl (C=O) groups excluding carboxylic acids is 1. The summed E-state index contributed by atoms with van der Waals surface area (Å²) in [6, 6.07) is 26.0. The number of aryl methyl sites for hydroxylation is 1. The van der Waals surface area contributed by atoms with Crippen LogP contribution in [0.3, 0.4) is 0 Å². The van der Waals surface area contributed by atoms with E-state index in [1.54, 1.807) is 11.0 Å². The van der Waals surface area contributed by atoms with Crippen molar-refractivity contribution in [1.29, 1.82) is 0 Å². The third-order valence-electron chi connectivity index (χ3n) is 6.20. The van der Waals surface area contributed by atoms with Crippen molar-refractivity contribution in [2.45, 2.75) is 13.3 Å². The summed E-state index contributed by atoms with van der Waals surface area (Å²) in [5.74, 6) is 0.732. The number of nitrogens with zero attached hydrogens (tertiary/aromatic N) is 3. The summed E-state index contributed by atoms with van der Waals surface area (Å²) >= 11 is 6.92. The minimum Gasteiger partial charge on any atom is -0.489 e. The lowest BCUT2D eigenvalue weighted by molar-refractivity contribution is -0.122. The molecule has 3 aromatic carbocycles. The largest absolute Gasteiger partial charge is 0.489 e. The van der Waals surface area contributed by atoms with Gasteiger partial charge in [0.1, 0.15) is 22.4 Å². The van der Waals surface area contributed by atoms with Crippen LogP contribution in [-0.4, -0.2) is 38.1 Å². The van der Waals surface area contributed by atoms with Crippen molar-refractivity contribution < 1.29 is 9.53 Å². The Kier molecular flexibility index (Phi) is 7.86. The summed E-state index contributed by atoms with van der Waals surface area (Å²) in [5, 5.41) is 4.91. The number of hydrogen-bond donors (Lipinski definition) is 0. The fourth-order valence-corrected chi connectivity index (χ4v) is 5.56. The van der Waals surface area contributed by atoms with E-state index < -0.39 is 0 Å². The Morgan fingerprint density at radius 2 is 1.79 bits per heavy atom. The topological polar surface area (TPSA) is 47.4 Å². The molecule has 1 fully saturated rings. The molecule has 2 heterocycles. The quantitative estimate of drug-likeness (QED) is 0.133. The first-order chi connectivity index (χ1) is 18.5. The highest BCUT2D eigenvalue weighted by Gasteiger charge is 2.32. The Balaban J connectivity index is 1.48. The third kappa shape index (κ3) is 5.64. The molecule has 1 aromatic heterocycles. The van der Waals surface area contributed by atoms with Gasteiger partial charge in [-0.3, -0.25) is 9.69 Å². The predicted octanol–water partition coefficient (Wildman–Crippen LogP) is 6.86. The summed E-state index contributed by atoms with van der Waals surface area (Å²) in [7, 11) is 0. The van der Waals surface area contributed by atoms with Gasteiger partial charge in [-0.1, -0.05) is 85.2 Å². The maximum atomic E-state index is 13.4. The van der Waals surface area contributed by atoms with Crippen LogP contribution in [0.2, 0.25) is 0 Å². The highest BCUT2D eigenvalue weighted by atomic mass is 32.2. The van der Waals surface area contributed by atoms with Gasteiger partial charge >= 0.3 is 0 Å². The molecule has 7 heteroatoms. The number of para-hydroxylation sites is 1. The molecule has 0 radical (unpaired) electrons. The van der Waals surface area contributed by atoms with Gasteiger partial charge in [0, 0.05) is 23.9 Å². The first kappa shape index (κ1) is 25.7. The van der Waals surface area contributed by atoms with Crippen LogP contribution in [0.1, 0.15) is 16.7 Å². The minimum absolute atomic E-state index is 0.0707. The molecule has 1 amide bonds. The monoisotopic (exact) mass is 537 g/mol. The fourth-order valence-electron chi connectivity index (χ4n) is 4.26. The van der Waals surface area contributed by atoms with Gasteiger partial charge in [-0.25, -0.2) is 4.68 Å². The van der Waals surface area contributed by atoms with Gasteiger partial charge in [-0.05, 0) is 60.9 Å². The van der Waals surface area contributed by atoms with Gasteiger partial charge in [0.15, 0.2) is 0 Å². The molecule has 190 valence electrons. The Morgan fingerprint density at radius 3 is 2.50 bits per heavy atom. The van der Waals surface area contributed by atoms with Gasteiger partial charge in [-0.15, -0.1) is 0 Å². The van der Waals surface area contributed by atoms with Crippen LogP contribution in [0.4, 0.5) is 0 Å². The number of rotatable bonds is 9. The molecule has 0 unspecified atom stereocenters. The molecule has 1 saturated heterocycles. The normalized spacial score (nSPS) is 14.3. The van der Waals surface area contributed by atoms with Crippen LogP contribution in [-0.2, 0) is 11.2 Å². The van der Waals surface area contributed by atoms with E-state index in [9.17, 15) is 4.79 Å². The predicted molar refractivity (Wildman–Crippen MR) is 159 cm³/mol. The zero-order valence-electron chi connectivity index (χ0n) is 21.0. The fraction of sp³-hybridized carbons (Fsp3) is 0.129. The number of aromatic nitrogens is 2. The van der Waals surface area contributed by atoms with Gasteiger partial charge in [-0.2, -0.15) is 5.10 Å². The van der Waals surface area contributed by atoms with Gasteiger partial charge in [0.05, 0.1) is 10.6 Å². The zero-order valence-corrected chi connectivity index (χ0v) is 22.7. The lowest BCUT2D eigenvalue weighted by Gasteiger charge is -2.14. The van der Waals surface area contributed by atoms with Crippen molar-refractivity contribution >= 4 is 40.3 Å². The lowest BCUT2D eigenvalue weighted by atomic mass is 10.0. The van der Waals surface area contributed by atoms with Crippen LogP contribution in [0.25, 0.3) is 23.0 Å². The number of thiocarbonyl (C=S) groups is 1. The van der Waals surface area contributed by atoms with Crippen LogP contribution >= 0.6 is 24.0 Å². The highest BCUT2D eigenvalue weighted by Crippen LogP contribution is 2.35. The van der Waals surface area contributed by atoms with Crippen molar-refractivity contribution in [2.24, 2.45) is 0 Å². The van der Waals surface area contributed by atoms with Crippen LogP contribution < -0.4 is 4.74 Å². The Bertz CT molecular complexity index is 1510. The average Bonchev–Trinajstić information content (AvgIpc) is 3.48. The summed E-state index contributed by atoms with van der Waals surface area (Å²) in [5.41, 5.74) is 5.67. The molecule has 0 atom stereocenters. The van der Waals surface area contributed by atoms with Crippen LogP contribution in [0.15, 0.2) is 103 Å². The van der Waals surface area contributed by atoms with Crippen LogP contribution in [0, 0.1) is 6.92 Å². The third-order valence-corrected chi connectivity index (χ3v) is 7.57. The van der Waals surface area contributed by atoms with Gasteiger partial charge in [0.25, 0.3) is 5.91 Å². The molecule has 0 aliphatic carbocycles. The Morgan fingerprint density at radius 1 is 1.05 bits per heavy atom. The molecule has 0 spiro atoms. The number of benzene rings is 3. The smallest absolute Gasteiger partial charge is 0.266 e. The van der Waals surface area contributed by atoms with E-state index in [-0.39, 0.29) is 5.91 Å². The molecule has 38 heavy (non-hydrogen) atoms. The average molecular weight is 538 g/mol. The second kappa shape index (κ2) is 11.6. The summed E-state index contributed by atoms with van der Waals surface area (Å²) in [6.45, 7) is 6.72. The number of carbonyl (C=O) groups is 1. The molecule has 0 bridgehead atoms. The summed E-state index contributed by atoms with van der Waals surface area (Å²) in [4.78, 5) is 15.7. The molecular weight excluding hydrogens is 510 g/mol. The molecule has 4 aromatic rings. The first-order valence-corrected chi connectivity index (χ1v) is 13.5. The van der Waals surface area contributed by atoms with Gasteiger partial charge in [0.2, 0.25) is 0 Å². The van der Waals surface area contributed by atoms with E-state index in [1.165, 1.54) is 17.3 Å². The van der Waals surface area contributed by atoms with Crippen molar-refractivity contribution in [3.05, 3.63) is 119 Å². The number of ether oxygens (including phenoxy) is 1. The van der Waals surface area contributed by atoms with E-state index in [0.717, 1.165) is 40.2 Å². The van der Waals surface area contributed by atoms with E-state index >= 15 is 0 Å². The SMILES string of the molecule is C=CCOc1ccc(-c2nn(-c3ccccc3)cc2/C=C2/SC(=S)N(CCc3ccccc3)C2=O)cc1C. The van der Waals surface area contributed by atoms with Crippen molar-refractivity contribution in [2.75, 3.05) is 13.2 Å². The summed E-state index contributed by atoms with van der Waals surface area (Å²) < 4.78 is 8.18.